The number of carbonyl (C=O) groups excluding carboxylic acids is 2. The van der Waals surface area contributed by atoms with Gasteiger partial charge in [0.25, 0.3) is 0 Å². The van der Waals surface area contributed by atoms with E-state index in [0.29, 0.717) is 37.5 Å². The summed E-state index contributed by atoms with van der Waals surface area (Å²) < 4.78 is 16.2. The SMILES string of the molecule is CCOC(=O)[C@H]1CC=C[C@@H]2CC(=O)N(Cc3ccc(OC)cc3OC)[C@@H](C(C)C)[C@@H]21. The van der Waals surface area contributed by atoms with E-state index >= 15 is 0 Å². The van der Waals surface area contributed by atoms with Gasteiger partial charge in [0, 0.05) is 30.6 Å². The van der Waals surface area contributed by atoms with E-state index in [0.717, 1.165) is 5.56 Å². The molecule has 4 atom stereocenters. The normalized spacial score (nSPS) is 25.8. The van der Waals surface area contributed by atoms with Crippen LogP contribution in [0.3, 0.4) is 0 Å². The third-order valence-corrected chi connectivity index (χ3v) is 6.32. The second kappa shape index (κ2) is 9.54. The predicted molar refractivity (Wildman–Crippen MR) is 114 cm³/mol. The summed E-state index contributed by atoms with van der Waals surface area (Å²) in [5, 5.41) is 0. The van der Waals surface area contributed by atoms with Crippen molar-refractivity contribution in [1.29, 1.82) is 0 Å². The molecule has 30 heavy (non-hydrogen) atoms. The lowest BCUT2D eigenvalue weighted by molar-refractivity contribution is -0.159. The van der Waals surface area contributed by atoms with Crippen molar-refractivity contribution in [3.05, 3.63) is 35.9 Å². The highest BCUT2D eigenvalue weighted by molar-refractivity contribution is 5.80. The van der Waals surface area contributed by atoms with Crippen molar-refractivity contribution in [3.63, 3.8) is 0 Å². The lowest BCUT2D eigenvalue weighted by Gasteiger charge is -2.50. The summed E-state index contributed by atoms with van der Waals surface area (Å²) in [6.07, 6.45) is 5.24. The number of nitrogens with zero attached hydrogens (tertiary/aromatic N) is 1. The molecule has 0 unspecified atom stereocenters. The van der Waals surface area contributed by atoms with Crippen molar-refractivity contribution in [3.8, 4) is 11.5 Å². The number of esters is 1. The third kappa shape index (κ3) is 4.32. The van der Waals surface area contributed by atoms with E-state index in [-0.39, 0.29) is 41.6 Å². The molecule has 0 N–H and O–H groups in total. The Bertz CT molecular complexity index is 803. The van der Waals surface area contributed by atoms with Gasteiger partial charge in [0.1, 0.15) is 11.5 Å². The van der Waals surface area contributed by atoms with Gasteiger partial charge in [-0.2, -0.15) is 0 Å². The number of piperidine rings is 1. The minimum absolute atomic E-state index is 0.0518. The number of methoxy groups -OCH3 is 2. The summed E-state index contributed by atoms with van der Waals surface area (Å²) in [5.41, 5.74) is 0.926. The van der Waals surface area contributed by atoms with Gasteiger partial charge in [-0.05, 0) is 43.2 Å². The molecule has 0 radical (unpaired) electrons. The number of hydrogen-bond donors (Lipinski definition) is 0. The monoisotopic (exact) mass is 415 g/mol. The van der Waals surface area contributed by atoms with Gasteiger partial charge in [0.05, 0.1) is 26.7 Å². The van der Waals surface area contributed by atoms with Gasteiger partial charge >= 0.3 is 5.97 Å². The quantitative estimate of drug-likeness (QED) is 0.500. The van der Waals surface area contributed by atoms with E-state index in [1.54, 1.807) is 14.2 Å². The Labute approximate surface area is 179 Å². The maximum absolute atomic E-state index is 13.2. The molecule has 2 aliphatic rings. The third-order valence-electron chi connectivity index (χ3n) is 6.32. The molecule has 1 aliphatic carbocycles. The van der Waals surface area contributed by atoms with E-state index in [1.165, 1.54) is 0 Å². The zero-order valence-corrected chi connectivity index (χ0v) is 18.6. The van der Waals surface area contributed by atoms with Gasteiger partial charge in [-0.3, -0.25) is 9.59 Å². The highest BCUT2D eigenvalue weighted by Gasteiger charge is 2.49. The molecule has 1 heterocycles. The van der Waals surface area contributed by atoms with Gasteiger partial charge in [-0.1, -0.05) is 26.0 Å². The number of likely N-dealkylation sites (tertiary alicyclic amines) is 1. The number of allylic oxidation sites excluding steroid dienone is 2. The van der Waals surface area contributed by atoms with Crippen LogP contribution >= 0.6 is 0 Å². The number of hydrogen-bond acceptors (Lipinski definition) is 5. The van der Waals surface area contributed by atoms with Crippen molar-refractivity contribution in [2.45, 2.75) is 46.2 Å². The summed E-state index contributed by atoms with van der Waals surface area (Å²) in [7, 11) is 3.23. The maximum atomic E-state index is 13.2. The largest absolute Gasteiger partial charge is 0.497 e. The van der Waals surface area contributed by atoms with Crippen molar-refractivity contribution < 1.29 is 23.8 Å². The molecule has 164 valence electrons. The van der Waals surface area contributed by atoms with Crippen LogP contribution in [0.15, 0.2) is 30.4 Å². The molecule has 1 amide bonds. The average Bonchev–Trinajstić information content (AvgIpc) is 2.73. The molecule has 0 saturated carbocycles. The first-order valence-corrected chi connectivity index (χ1v) is 10.7. The molecule has 0 aromatic heterocycles. The summed E-state index contributed by atoms with van der Waals surface area (Å²) in [5.74, 6) is 1.46. The van der Waals surface area contributed by atoms with Crippen LogP contribution in [-0.4, -0.2) is 43.6 Å². The van der Waals surface area contributed by atoms with Gasteiger partial charge in [0.15, 0.2) is 0 Å². The van der Waals surface area contributed by atoms with Crippen LogP contribution < -0.4 is 9.47 Å². The Kier molecular flexibility index (Phi) is 7.06. The van der Waals surface area contributed by atoms with Crippen LogP contribution in [0, 0.1) is 23.7 Å². The standard InChI is InChI=1S/C24H33NO5/c1-6-30-24(27)19-9-7-8-16-12-21(26)25(23(15(2)3)22(16)19)14-17-10-11-18(28-4)13-20(17)29-5/h7-8,10-11,13,15-16,19,22-23H,6,9,12,14H2,1-5H3/t16-,19+,22+,23+/m1/s1. The van der Waals surface area contributed by atoms with Crippen LogP contribution in [0.5, 0.6) is 11.5 Å². The number of benzene rings is 1. The smallest absolute Gasteiger partial charge is 0.309 e. The molecule has 3 rings (SSSR count). The van der Waals surface area contributed by atoms with Crippen molar-refractivity contribution in [1.82, 2.24) is 4.90 Å². The van der Waals surface area contributed by atoms with E-state index in [9.17, 15) is 9.59 Å². The zero-order chi connectivity index (χ0) is 21.8. The summed E-state index contributed by atoms with van der Waals surface area (Å²) >= 11 is 0. The van der Waals surface area contributed by atoms with Crippen molar-refractivity contribution in [2.24, 2.45) is 23.7 Å². The van der Waals surface area contributed by atoms with Gasteiger partial charge in [-0.15, -0.1) is 0 Å². The highest BCUT2D eigenvalue weighted by Crippen LogP contribution is 2.44. The molecule has 1 aromatic rings. The van der Waals surface area contributed by atoms with Gasteiger partial charge in [0.2, 0.25) is 5.91 Å². The molecule has 0 bridgehead atoms. The second-order valence-electron chi connectivity index (χ2n) is 8.40. The molecule has 1 aliphatic heterocycles. The number of ether oxygens (including phenoxy) is 3. The maximum Gasteiger partial charge on any atom is 0.309 e. The predicted octanol–water partition coefficient (Wildman–Crippen LogP) is 3.83. The van der Waals surface area contributed by atoms with Crippen LogP contribution in [0.1, 0.15) is 39.2 Å². The molecule has 1 fully saturated rings. The molecule has 6 heteroatoms. The molecule has 0 spiro atoms. The Morgan fingerprint density at radius 2 is 2.00 bits per heavy atom. The van der Waals surface area contributed by atoms with E-state index in [1.807, 2.05) is 36.1 Å². The fourth-order valence-electron chi connectivity index (χ4n) is 5.04. The average molecular weight is 416 g/mol. The zero-order valence-electron chi connectivity index (χ0n) is 18.6. The lowest BCUT2D eigenvalue weighted by atomic mass is 9.65. The van der Waals surface area contributed by atoms with E-state index < -0.39 is 0 Å². The number of rotatable bonds is 7. The second-order valence-corrected chi connectivity index (χ2v) is 8.40. The van der Waals surface area contributed by atoms with E-state index in [4.69, 9.17) is 14.2 Å². The number of amides is 1. The molecular formula is C24H33NO5. The Morgan fingerprint density at radius 1 is 1.23 bits per heavy atom. The van der Waals surface area contributed by atoms with Crippen molar-refractivity contribution in [2.75, 3.05) is 20.8 Å². The van der Waals surface area contributed by atoms with Crippen LogP contribution in [0.4, 0.5) is 0 Å². The van der Waals surface area contributed by atoms with Gasteiger partial charge < -0.3 is 19.1 Å². The first-order valence-electron chi connectivity index (χ1n) is 10.7. The summed E-state index contributed by atoms with van der Waals surface area (Å²) in [6, 6.07) is 5.60. The highest BCUT2D eigenvalue weighted by atomic mass is 16.5. The summed E-state index contributed by atoms with van der Waals surface area (Å²) in [4.78, 5) is 27.9. The minimum atomic E-state index is -0.222. The molecule has 6 nitrogen and oxygen atoms in total. The summed E-state index contributed by atoms with van der Waals surface area (Å²) in [6.45, 7) is 6.89. The molecule has 1 saturated heterocycles. The molecular weight excluding hydrogens is 382 g/mol. The fraction of sp³-hybridized carbons (Fsp3) is 0.583. The fourth-order valence-corrected chi connectivity index (χ4v) is 5.04. The van der Waals surface area contributed by atoms with Crippen LogP contribution in [-0.2, 0) is 20.9 Å². The van der Waals surface area contributed by atoms with Crippen LogP contribution in [0.25, 0.3) is 0 Å². The topological polar surface area (TPSA) is 65.1 Å². The molecule has 1 aromatic carbocycles. The van der Waals surface area contributed by atoms with Gasteiger partial charge in [-0.25, -0.2) is 0 Å². The first kappa shape index (κ1) is 22.2. The Hall–Kier alpha value is -2.50. The minimum Gasteiger partial charge on any atom is -0.497 e. The Morgan fingerprint density at radius 3 is 2.63 bits per heavy atom. The van der Waals surface area contributed by atoms with E-state index in [2.05, 4.69) is 19.9 Å². The number of carbonyl (C=O) groups is 2. The van der Waals surface area contributed by atoms with Crippen LogP contribution in [0.2, 0.25) is 0 Å². The number of fused-ring (bicyclic) bond motifs is 1. The lowest BCUT2D eigenvalue weighted by Crippen LogP contribution is -2.57. The first-order chi connectivity index (χ1) is 14.4. The van der Waals surface area contributed by atoms with Crippen molar-refractivity contribution >= 4 is 11.9 Å². The Balaban J connectivity index is 1.95.